The van der Waals surface area contributed by atoms with E-state index in [0.29, 0.717) is 17.4 Å². The zero-order chi connectivity index (χ0) is 14.0. The van der Waals surface area contributed by atoms with Crippen molar-refractivity contribution in [3.8, 4) is 5.75 Å². The summed E-state index contributed by atoms with van der Waals surface area (Å²) in [5.74, 6) is 1.69. The summed E-state index contributed by atoms with van der Waals surface area (Å²) in [4.78, 5) is 0. The minimum Gasteiger partial charge on any atom is -0.496 e. The summed E-state index contributed by atoms with van der Waals surface area (Å²) < 4.78 is 5.36. The highest BCUT2D eigenvalue weighted by Gasteiger charge is 2.39. The van der Waals surface area contributed by atoms with Gasteiger partial charge in [-0.2, -0.15) is 0 Å². The molecule has 2 atom stereocenters. The highest BCUT2D eigenvalue weighted by molar-refractivity contribution is 5.37. The lowest BCUT2D eigenvalue weighted by molar-refractivity contribution is 0.203. The molecule has 2 unspecified atom stereocenters. The maximum Gasteiger partial charge on any atom is 0.121 e. The summed E-state index contributed by atoms with van der Waals surface area (Å²) in [6.45, 7) is 6.94. The van der Waals surface area contributed by atoms with Crippen molar-refractivity contribution in [1.29, 1.82) is 0 Å². The van der Waals surface area contributed by atoms with Crippen molar-refractivity contribution >= 4 is 0 Å². The summed E-state index contributed by atoms with van der Waals surface area (Å²) in [6.07, 6.45) is 4.01. The van der Waals surface area contributed by atoms with Gasteiger partial charge in [0.05, 0.1) is 7.11 Å². The number of hydrogen-bond acceptors (Lipinski definition) is 2. The van der Waals surface area contributed by atoms with Gasteiger partial charge >= 0.3 is 0 Å². The summed E-state index contributed by atoms with van der Waals surface area (Å²) >= 11 is 0. The molecule has 0 bridgehead atoms. The van der Waals surface area contributed by atoms with Gasteiger partial charge in [0.15, 0.2) is 0 Å². The molecule has 0 aliphatic heterocycles. The molecule has 19 heavy (non-hydrogen) atoms. The average Bonchev–Trinajstić information content (AvgIpc) is 2.71. The van der Waals surface area contributed by atoms with Crippen LogP contribution < -0.4 is 10.1 Å². The summed E-state index contributed by atoms with van der Waals surface area (Å²) in [5, 5.41) is 3.54. The van der Waals surface area contributed by atoms with Crippen LogP contribution in [-0.2, 0) is 0 Å². The van der Waals surface area contributed by atoms with Gasteiger partial charge in [0.1, 0.15) is 5.75 Å². The van der Waals surface area contributed by atoms with Crippen LogP contribution in [0, 0.1) is 18.3 Å². The smallest absolute Gasteiger partial charge is 0.121 e. The van der Waals surface area contributed by atoms with Crippen LogP contribution in [0.3, 0.4) is 0 Å². The van der Waals surface area contributed by atoms with Gasteiger partial charge in [-0.15, -0.1) is 0 Å². The molecular weight excluding hydrogens is 234 g/mol. The van der Waals surface area contributed by atoms with Crippen LogP contribution in [0.15, 0.2) is 18.2 Å². The number of benzene rings is 1. The van der Waals surface area contributed by atoms with E-state index in [1.807, 2.05) is 0 Å². The van der Waals surface area contributed by atoms with Gasteiger partial charge in [-0.25, -0.2) is 0 Å². The van der Waals surface area contributed by atoms with Crippen molar-refractivity contribution in [3.05, 3.63) is 29.3 Å². The molecule has 1 fully saturated rings. The van der Waals surface area contributed by atoms with Crippen LogP contribution in [0.5, 0.6) is 5.75 Å². The van der Waals surface area contributed by atoms with Crippen molar-refractivity contribution < 1.29 is 4.74 Å². The van der Waals surface area contributed by atoms with Crippen molar-refractivity contribution in [1.82, 2.24) is 5.32 Å². The van der Waals surface area contributed by atoms with Crippen molar-refractivity contribution in [2.24, 2.45) is 11.3 Å². The van der Waals surface area contributed by atoms with Crippen molar-refractivity contribution in [2.75, 3.05) is 14.2 Å². The zero-order valence-electron chi connectivity index (χ0n) is 12.9. The zero-order valence-corrected chi connectivity index (χ0v) is 12.9. The number of rotatable bonds is 4. The Labute approximate surface area is 117 Å². The minimum atomic E-state index is 0.432. The molecular formula is C17H27NO. The van der Waals surface area contributed by atoms with Crippen LogP contribution in [0.1, 0.15) is 50.3 Å². The first-order valence-electron chi connectivity index (χ1n) is 7.31. The van der Waals surface area contributed by atoms with Gasteiger partial charge in [-0.05, 0) is 55.3 Å². The number of hydrogen-bond donors (Lipinski definition) is 1. The molecule has 0 radical (unpaired) electrons. The molecule has 1 saturated carbocycles. The predicted octanol–water partition coefficient (Wildman–Crippen LogP) is 4.09. The molecule has 1 aliphatic carbocycles. The molecule has 0 saturated heterocycles. The SMILES string of the molecule is CNC(c1ccc(OC)c(C)c1)C1CCCC1(C)C. The fourth-order valence-electron chi connectivity index (χ4n) is 3.67. The maximum absolute atomic E-state index is 5.36. The van der Waals surface area contributed by atoms with Crippen LogP contribution in [-0.4, -0.2) is 14.2 Å². The van der Waals surface area contributed by atoms with Gasteiger partial charge in [-0.1, -0.05) is 32.4 Å². The second-order valence-corrected chi connectivity index (χ2v) is 6.48. The van der Waals surface area contributed by atoms with Gasteiger partial charge in [0, 0.05) is 6.04 Å². The van der Waals surface area contributed by atoms with E-state index in [2.05, 4.69) is 51.3 Å². The van der Waals surface area contributed by atoms with E-state index in [1.165, 1.54) is 30.4 Å². The highest BCUT2D eigenvalue weighted by atomic mass is 16.5. The van der Waals surface area contributed by atoms with E-state index in [-0.39, 0.29) is 0 Å². The number of aryl methyl sites for hydroxylation is 1. The normalized spacial score (nSPS) is 23.3. The summed E-state index contributed by atoms with van der Waals surface area (Å²) in [5.41, 5.74) is 3.04. The summed E-state index contributed by atoms with van der Waals surface area (Å²) in [7, 11) is 3.82. The lowest BCUT2D eigenvalue weighted by Crippen LogP contribution is -2.32. The van der Waals surface area contributed by atoms with Gasteiger partial charge < -0.3 is 10.1 Å². The van der Waals surface area contributed by atoms with E-state index in [1.54, 1.807) is 7.11 Å². The Bertz CT molecular complexity index is 439. The molecule has 0 aromatic heterocycles. The van der Waals surface area contributed by atoms with Gasteiger partial charge in [0.2, 0.25) is 0 Å². The molecule has 2 heteroatoms. The van der Waals surface area contributed by atoms with Crippen LogP contribution in [0.25, 0.3) is 0 Å². The molecule has 1 aromatic carbocycles. The Balaban J connectivity index is 2.29. The van der Waals surface area contributed by atoms with E-state index in [4.69, 9.17) is 4.74 Å². The van der Waals surface area contributed by atoms with Gasteiger partial charge in [-0.3, -0.25) is 0 Å². The van der Waals surface area contributed by atoms with E-state index >= 15 is 0 Å². The average molecular weight is 261 g/mol. The predicted molar refractivity (Wildman–Crippen MR) is 80.7 cm³/mol. The number of methoxy groups -OCH3 is 1. The molecule has 0 heterocycles. The Morgan fingerprint density at radius 3 is 2.58 bits per heavy atom. The second kappa shape index (κ2) is 5.54. The molecule has 106 valence electrons. The molecule has 2 nitrogen and oxygen atoms in total. The van der Waals surface area contributed by atoms with E-state index in [9.17, 15) is 0 Å². The van der Waals surface area contributed by atoms with E-state index < -0.39 is 0 Å². The van der Waals surface area contributed by atoms with Crippen LogP contribution in [0.4, 0.5) is 0 Å². The minimum absolute atomic E-state index is 0.432. The number of nitrogens with one attached hydrogen (secondary N) is 1. The largest absolute Gasteiger partial charge is 0.496 e. The molecule has 0 amide bonds. The fraction of sp³-hybridized carbons (Fsp3) is 0.647. The quantitative estimate of drug-likeness (QED) is 0.881. The third-order valence-corrected chi connectivity index (χ3v) is 4.83. The van der Waals surface area contributed by atoms with E-state index in [0.717, 1.165) is 5.75 Å². The Hall–Kier alpha value is -1.02. The van der Waals surface area contributed by atoms with Crippen LogP contribution in [0.2, 0.25) is 0 Å². The lowest BCUT2D eigenvalue weighted by Gasteiger charge is -2.34. The molecule has 0 spiro atoms. The third-order valence-electron chi connectivity index (χ3n) is 4.83. The first-order valence-corrected chi connectivity index (χ1v) is 7.31. The van der Waals surface area contributed by atoms with Crippen molar-refractivity contribution in [2.45, 2.75) is 46.1 Å². The molecule has 2 rings (SSSR count). The van der Waals surface area contributed by atoms with Crippen molar-refractivity contribution in [3.63, 3.8) is 0 Å². The highest BCUT2D eigenvalue weighted by Crippen LogP contribution is 2.48. The molecule has 1 N–H and O–H groups in total. The standard InChI is InChI=1S/C17H27NO/c1-12-11-13(8-9-15(12)19-5)16(18-4)14-7-6-10-17(14,2)3/h8-9,11,14,16,18H,6-7,10H2,1-5H3. The monoisotopic (exact) mass is 261 g/mol. The first-order chi connectivity index (χ1) is 8.99. The molecule has 1 aliphatic rings. The first kappa shape index (κ1) is 14.4. The van der Waals surface area contributed by atoms with Crippen LogP contribution >= 0.6 is 0 Å². The topological polar surface area (TPSA) is 21.3 Å². The lowest BCUT2D eigenvalue weighted by atomic mass is 9.75. The fourth-order valence-corrected chi connectivity index (χ4v) is 3.67. The third kappa shape index (κ3) is 2.79. The number of ether oxygens (including phenoxy) is 1. The van der Waals surface area contributed by atoms with Gasteiger partial charge in [0.25, 0.3) is 0 Å². The Morgan fingerprint density at radius 1 is 1.37 bits per heavy atom. The summed E-state index contributed by atoms with van der Waals surface area (Å²) in [6, 6.07) is 7.02. The Kier molecular flexibility index (Phi) is 4.19. The second-order valence-electron chi connectivity index (χ2n) is 6.48. The Morgan fingerprint density at radius 2 is 2.11 bits per heavy atom. The molecule has 1 aromatic rings. The maximum atomic E-state index is 5.36.